The topological polar surface area (TPSA) is 72.5 Å². The average Bonchev–Trinajstić information content (AvgIpc) is 2.46. The number of methoxy groups -OCH3 is 1. The van der Waals surface area contributed by atoms with Gasteiger partial charge in [-0.3, -0.25) is 4.72 Å². The first kappa shape index (κ1) is 16.3. The summed E-state index contributed by atoms with van der Waals surface area (Å²) in [6.07, 6.45) is 0. The number of hydrogen-bond donors (Lipinski definition) is 1. The van der Waals surface area contributed by atoms with E-state index >= 15 is 0 Å². The number of hydrogen-bond acceptors (Lipinski definition) is 4. The minimum Gasteiger partial charge on any atom is -0.465 e. The van der Waals surface area contributed by atoms with Gasteiger partial charge in [-0.15, -0.1) is 0 Å². The van der Waals surface area contributed by atoms with Crippen molar-refractivity contribution >= 4 is 33.3 Å². The van der Waals surface area contributed by atoms with Gasteiger partial charge in [-0.1, -0.05) is 29.8 Å². The van der Waals surface area contributed by atoms with Crippen LogP contribution in [0.25, 0.3) is 0 Å². The molecule has 5 nitrogen and oxygen atoms in total. The minimum absolute atomic E-state index is 0.207. The monoisotopic (exact) mass is 339 g/mol. The highest BCUT2D eigenvalue weighted by atomic mass is 35.5. The van der Waals surface area contributed by atoms with Crippen LogP contribution in [-0.4, -0.2) is 21.5 Å². The lowest BCUT2D eigenvalue weighted by molar-refractivity contribution is 0.0600. The molecule has 0 fully saturated rings. The van der Waals surface area contributed by atoms with Gasteiger partial charge in [0.1, 0.15) is 0 Å². The summed E-state index contributed by atoms with van der Waals surface area (Å²) in [6.45, 7) is 0. The van der Waals surface area contributed by atoms with Crippen molar-refractivity contribution in [2.75, 3.05) is 11.8 Å². The standard InChI is InChI=1S/C15H14ClNO4S/c1-21-15(18)12-7-5-11(6-8-12)10-22(19,20)17-14-4-2-3-13(16)9-14/h2-9,17H,10H2,1H3. The van der Waals surface area contributed by atoms with E-state index in [2.05, 4.69) is 9.46 Å². The maximum absolute atomic E-state index is 12.1. The Morgan fingerprint density at radius 2 is 1.86 bits per heavy atom. The summed E-state index contributed by atoms with van der Waals surface area (Å²) in [4.78, 5) is 11.3. The summed E-state index contributed by atoms with van der Waals surface area (Å²) < 4.78 is 31.3. The molecule has 0 saturated carbocycles. The molecule has 2 aromatic carbocycles. The van der Waals surface area contributed by atoms with E-state index < -0.39 is 16.0 Å². The number of sulfonamides is 1. The van der Waals surface area contributed by atoms with E-state index in [-0.39, 0.29) is 5.75 Å². The summed E-state index contributed by atoms with van der Waals surface area (Å²) >= 11 is 5.82. The molecular formula is C15H14ClNO4S. The molecule has 0 heterocycles. The summed E-state index contributed by atoms with van der Waals surface area (Å²) in [7, 11) is -2.28. The van der Waals surface area contributed by atoms with Gasteiger partial charge in [0, 0.05) is 10.7 Å². The van der Waals surface area contributed by atoms with Gasteiger partial charge in [0.15, 0.2) is 0 Å². The number of carbonyl (C=O) groups is 1. The molecule has 22 heavy (non-hydrogen) atoms. The quantitative estimate of drug-likeness (QED) is 0.850. The van der Waals surface area contributed by atoms with Crippen LogP contribution in [0, 0.1) is 0 Å². The molecule has 1 N–H and O–H groups in total. The molecule has 0 atom stereocenters. The zero-order valence-corrected chi connectivity index (χ0v) is 13.3. The Kier molecular flexibility index (Phi) is 5.05. The number of benzene rings is 2. The highest BCUT2D eigenvalue weighted by Gasteiger charge is 2.13. The van der Waals surface area contributed by atoms with Crippen molar-refractivity contribution in [2.45, 2.75) is 5.75 Å². The molecule has 0 amide bonds. The highest BCUT2D eigenvalue weighted by molar-refractivity contribution is 7.91. The van der Waals surface area contributed by atoms with Crippen molar-refractivity contribution in [1.29, 1.82) is 0 Å². The van der Waals surface area contributed by atoms with Crippen LogP contribution in [0.1, 0.15) is 15.9 Å². The molecule has 2 rings (SSSR count). The predicted molar refractivity (Wildman–Crippen MR) is 85.5 cm³/mol. The van der Waals surface area contributed by atoms with Crippen molar-refractivity contribution in [3.8, 4) is 0 Å². The fourth-order valence-electron chi connectivity index (χ4n) is 1.84. The zero-order valence-electron chi connectivity index (χ0n) is 11.7. The molecule has 0 spiro atoms. The fourth-order valence-corrected chi connectivity index (χ4v) is 3.22. The van der Waals surface area contributed by atoms with Gasteiger partial charge >= 0.3 is 5.97 Å². The molecule has 0 saturated heterocycles. The molecule has 0 aliphatic heterocycles. The van der Waals surface area contributed by atoms with Gasteiger partial charge in [0.2, 0.25) is 10.0 Å². The van der Waals surface area contributed by atoms with Crippen LogP contribution >= 0.6 is 11.6 Å². The van der Waals surface area contributed by atoms with Gasteiger partial charge < -0.3 is 4.74 Å². The first-order chi connectivity index (χ1) is 10.4. The molecular weight excluding hydrogens is 326 g/mol. The maximum Gasteiger partial charge on any atom is 0.337 e. The van der Waals surface area contributed by atoms with E-state index in [9.17, 15) is 13.2 Å². The normalized spacial score (nSPS) is 11.0. The molecule has 7 heteroatoms. The number of nitrogens with one attached hydrogen (secondary N) is 1. The van der Waals surface area contributed by atoms with Crippen LogP contribution in [0.4, 0.5) is 5.69 Å². The lowest BCUT2D eigenvalue weighted by Crippen LogP contribution is -2.15. The number of esters is 1. The lowest BCUT2D eigenvalue weighted by Gasteiger charge is -2.08. The average molecular weight is 340 g/mol. The maximum atomic E-state index is 12.1. The first-order valence-corrected chi connectivity index (χ1v) is 8.36. The van der Waals surface area contributed by atoms with Crippen molar-refractivity contribution < 1.29 is 17.9 Å². The van der Waals surface area contributed by atoms with E-state index in [1.807, 2.05) is 0 Å². The van der Waals surface area contributed by atoms with Gasteiger partial charge in [-0.05, 0) is 35.9 Å². The summed E-state index contributed by atoms with van der Waals surface area (Å²) in [5, 5.41) is 0.447. The van der Waals surface area contributed by atoms with Crippen LogP contribution in [0.2, 0.25) is 5.02 Å². The Hall–Kier alpha value is -2.05. The van der Waals surface area contributed by atoms with Crippen LogP contribution in [0.3, 0.4) is 0 Å². The Morgan fingerprint density at radius 3 is 2.45 bits per heavy atom. The van der Waals surface area contributed by atoms with E-state index in [0.29, 0.717) is 21.8 Å². The largest absolute Gasteiger partial charge is 0.465 e. The third-order valence-electron chi connectivity index (χ3n) is 2.83. The Balaban J connectivity index is 2.10. The van der Waals surface area contributed by atoms with Gasteiger partial charge in [-0.2, -0.15) is 0 Å². The van der Waals surface area contributed by atoms with Crippen molar-refractivity contribution in [3.05, 3.63) is 64.7 Å². The number of rotatable bonds is 5. The number of anilines is 1. The smallest absolute Gasteiger partial charge is 0.337 e. The number of ether oxygens (including phenoxy) is 1. The van der Waals surface area contributed by atoms with Crippen LogP contribution in [-0.2, 0) is 20.5 Å². The summed E-state index contributed by atoms with van der Waals surface area (Å²) in [5.74, 6) is -0.674. The molecule has 0 aliphatic rings. The second kappa shape index (κ2) is 6.81. The molecule has 0 aliphatic carbocycles. The van der Waals surface area contributed by atoms with Crippen molar-refractivity contribution in [2.24, 2.45) is 0 Å². The lowest BCUT2D eigenvalue weighted by atomic mass is 10.1. The predicted octanol–water partition coefficient (Wildman–Crippen LogP) is 3.07. The number of halogens is 1. The Bertz CT molecular complexity index is 772. The molecule has 0 unspecified atom stereocenters. The van der Waals surface area contributed by atoms with Crippen LogP contribution < -0.4 is 4.72 Å². The molecule has 0 radical (unpaired) electrons. The van der Waals surface area contributed by atoms with E-state index in [0.717, 1.165) is 0 Å². The van der Waals surface area contributed by atoms with E-state index in [4.69, 9.17) is 11.6 Å². The van der Waals surface area contributed by atoms with Crippen molar-refractivity contribution in [1.82, 2.24) is 0 Å². The second-order valence-electron chi connectivity index (χ2n) is 4.56. The molecule has 0 bridgehead atoms. The number of carbonyl (C=O) groups excluding carboxylic acids is 1. The Labute approximate surface area is 133 Å². The zero-order chi connectivity index (χ0) is 16.2. The van der Waals surface area contributed by atoms with E-state index in [1.54, 1.807) is 30.3 Å². The van der Waals surface area contributed by atoms with Crippen LogP contribution in [0.15, 0.2) is 48.5 Å². The summed E-state index contributed by atoms with van der Waals surface area (Å²) in [6, 6.07) is 12.7. The van der Waals surface area contributed by atoms with Crippen LogP contribution in [0.5, 0.6) is 0 Å². The van der Waals surface area contributed by atoms with Gasteiger partial charge in [0.25, 0.3) is 0 Å². The van der Waals surface area contributed by atoms with E-state index in [1.165, 1.54) is 25.3 Å². The molecule has 0 aromatic heterocycles. The molecule has 2 aromatic rings. The van der Waals surface area contributed by atoms with Crippen molar-refractivity contribution in [3.63, 3.8) is 0 Å². The highest BCUT2D eigenvalue weighted by Crippen LogP contribution is 2.18. The second-order valence-corrected chi connectivity index (χ2v) is 6.72. The van der Waals surface area contributed by atoms with Gasteiger partial charge in [-0.25, -0.2) is 13.2 Å². The molecule has 116 valence electrons. The Morgan fingerprint density at radius 1 is 1.18 bits per heavy atom. The van der Waals surface area contributed by atoms with Gasteiger partial charge in [0.05, 0.1) is 18.4 Å². The SMILES string of the molecule is COC(=O)c1ccc(CS(=O)(=O)Nc2cccc(Cl)c2)cc1. The third-order valence-corrected chi connectivity index (χ3v) is 4.32. The minimum atomic E-state index is -3.57. The third kappa shape index (κ3) is 4.47. The summed E-state index contributed by atoms with van der Waals surface area (Å²) in [5.41, 5.74) is 1.33. The first-order valence-electron chi connectivity index (χ1n) is 6.33. The fraction of sp³-hybridized carbons (Fsp3) is 0.133.